The fraction of sp³-hybridized carbons (Fsp3) is 0.929. The van der Waals surface area contributed by atoms with Crippen molar-refractivity contribution in [2.75, 3.05) is 6.54 Å². The van der Waals surface area contributed by atoms with Crippen molar-refractivity contribution in [3.63, 3.8) is 0 Å². The first kappa shape index (κ1) is 15.4. The number of carbonyl (C=O) groups is 1. The van der Waals surface area contributed by atoms with Gasteiger partial charge in [0.25, 0.3) is 0 Å². The summed E-state index contributed by atoms with van der Waals surface area (Å²) in [5.41, 5.74) is 0. The van der Waals surface area contributed by atoms with Gasteiger partial charge in [0.1, 0.15) is 0 Å². The maximum Gasteiger partial charge on any atom is 0.306 e. The first-order valence-corrected chi connectivity index (χ1v) is 7.10. The molecule has 1 rings (SSSR count). The zero-order chi connectivity index (χ0) is 13.5. The second kappa shape index (κ2) is 7.74. The van der Waals surface area contributed by atoms with Crippen LogP contribution in [0, 0.1) is 5.92 Å². The summed E-state index contributed by atoms with van der Waals surface area (Å²) in [6.45, 7) is 6.97. The molecule has 1 heterocycles. The highest BCUT2D eigenvalue weighted by atomic mass is 16.5. The van der Waals surface area contributed by atoms with Gasteiger partial charge in [0, 0.05) is 12.6 Å². The minimum absolute atomic E-state index is 0.226. The first-order valence-electron chi connectivity index (χ1n) is 7.10. The molecule has 0 saturated carbocycles. The van der Waals surface area contributed by atoms with Crippen molar-refractivity contribution in [1.82, 2.24) is 5.32 Å². The Bertz CT molecular complexity index is 257. The molecule has 0 radical (unpaired) electrons. The second-order valence-corrected chi connectivity index (χ2v) is 5.63. The number of carboxylic acids is 1. The van der Waals surface area contributed by atoms with Gasteiger partial charge in [-0.15, -0.1) is 0 Å². The summed E-state index contributed by atoms with van der Waals surface area (Å²) in [6.07, 6.45) is 5.83. The van der Waals surface area contributed by atoms with E-state index in [9.17, 15) is 4.79 Å². The van der Waals surface area contributed by atoms with Gasteiger partial charge in [0.2, 0.25) is 0 Å². The molecule has 0 aliphatic carbocycles. The van der Waals surface area contributed by atoms with E-state index < -0.39 is 5.97 Å². The fourth-order valence-electron chi connectivity index (χ4n) is 2.32. The average Bonchev–Trinajstić information content (AvgIpc) is 2.72. The monoisotopic (exact) mass is 257 g/mol. The Hall–Kier alpha value is -0.610. The van der Waals surface area contributed by atoms with Crippen LogP contribution in [0.3, 0.4) is 0 Å². The van der Waals surface area contributed by atoms with Gasteiger partial charge in [0.05, 0.1) is 18.1 Å². The minimum Gasteiger partial charge on any atom is -0.481 e. The molecule has 1 aliphatic rings. The van der Waals surface area contributed by atoms with Crippen LogP contribution in [0.4, 0.5) is 0 Å². The van der Waals surface area contributed by atoms with Crippen LogP contribution in [-0.2, 0) is 9.53 Å². The number of rotatable bonds is 8. The molecule has 106 valence electrons. The Kier molecular flexibility index (Phi) is 6.65. The number of hydrogen-bond acceptors (Lipinski definition) is 3. The molecular weight excluding hydrogens is 230 g/mol. The molecule has 1 aliphatic heterocycles. The molecule has 0 spiro atoms. The summed E-state index contributed by atoms with van der Waals surface area (Å²) in [5.74, 6) is -0.917. The molecule has 2 N–H and O–H groups in total. The van der Waals surface area contributed by atoms with E-state index in [1.807, 2.05) is 0 Å². The van der Waals surface area contributed by atoms with E-state index in [2.05, 4.69) is 19.2 Å². The normalized spacial score (nSPS) is 27.1. The average molecular weight is 257 g/mol. The topological polar surface area (TPSA) is 58.6 Å². The fourth-order valence-corrected chi connectivity index (χ4v) is 2.32. The number of ether oxygens (including phenoxy) is 1. The summed E-state index contributed by atoms with van der Waals surface area (Å²) in [4.78, 5) is 10.7. The molecule has 4 heteroatoms. The third kappa shape index (κ3) is 5.83. The van der Waals surface area contributed by atoms with Gasteiger partial charge in [0.15, 0.2) is 0 Å². The number of aliphatic carboxylic acids is 1. The van der Waals surface area contributed by atoms with Gasteiger partial charge in [-0.25, -0.2) is 0 Å². The SMILES string of the molecule is CC(CCCC(C)C(=O)O)NCC1CCC(C)O1. The van der Waals surface area contributed by atoms with Gasteiger partial charge in [-0.3, -0.25) is 4.79 Å². The Morgan fingerprint density at radius 3 is 2.67 bits per heavy atom. The zero-order valence-corrected chi connectivity index (χ0v) is 11.8. The molecule has 4 unspecified atom stereocenters. The Balaban J connectivity index is 2.03. The van der Waals surface area contributed by atoms with Crippen molar-refractivity contribution >= 4 is 5.97 Å². The van der Waals surface area contributed by atoms with Gasteiger partial charge in [-0.1, -0.05) is 13.3 Å². The summed E-state index contributed by atoms with van der Waals surface area (Å²) >= 11 is 0. The molecule has 0 aromatic carbocycles. The number of nitrogens with one attached hydrogen (secondary N) is 1. The van der Waals surface area contributed by atoms with Crippen molar-refractivity contribution in [2.45, 2.75) is 71.1 Å². The standard InChI is InChI=1S/C14H27NO3/c1-10(14(16)17)5-4-6-11(2)15-9-13-8-7-12(3)18-13/h10-13,15H,4-9H2,1-3H3,(H,16,17). The second-order valence-electron chi connectivity index (χ2n) is 5.63. The lowest BCUT2D eigenvalue weighted by atomic mass is 10.0. The van der Waals surface area contributed by atoms with Crippen LogP contribution >= 0.6 is 0 Å². The highest BCUT2D eigenvalue weighted by Gasteiger charge is 2.21. The summed E-state index contributed by atoms with van der Waals surface area (Å²) in [5, 5.41) is 12.3. The van der Waals surface area contributed by atoms with Crippen molar-refractivity contribution in [2.24, 2.45) is 5.92 Å². The molecule has 1 fully saturated rings. The quantitative estimate of drug-likeness (QED) is 0.701. The molecule has 18 heavy (non-hydrogen) atoms. The van der Waals surface area contributed by atoms with E-state index in [1.165, 1.54) is 0 Å². The van der Waals surface area contributed by atoms with Crippen LogP contribution in [0.25, 0.3) is 0 Å². The Morgan fingerprint density at radius 1 is 1.39 bits per heavy atom. The van der Waals surface area contributed by atoms with Crippen LogP contribution in [0.2, 0.25) is 0 Å². The molecule has 0 bridgehead atoms. The van der Waals surface area contributed by atoms with E-state index in [0.29, 0.717) is 18.2 Å². The van der Waals surface area contributed by atoms with Crippen LogP contribution in [0.5, 0.6) is 0 Å². The highest BCUT2D eigenvalue weighted by Crippen LogP contribution is 2.18. The van der Waals surface area contributed by atoms with Crippen LogP contribution in [-0.4, -0.2) is 35.9 Å². The van der Waals surface area contributed by atoms with Gasteiger partial charge < -0.3 is 15.2 Å². The van der Waals surface area contributed by atoms with Crippen LogP contribution in [0.1, 0.15) is 52.9 Å². The summed E-state index contributed by atoms with van der Waals surface area (Å²) in [6, 6.07) is 0.436. The van der Waals surface area contributed by atoms with E-state index >= 15 is 0 Å². The van der Waals surface area contributed by atoms with E-state index in [-0.39, 0.29) is 5.92 Å². The molecule has 4 atom stereocenters. The highest BCUT2D eigenvalue weighted by molar-refractivity contribution is 5.69. The van der Waals surface area contributed by atoms with Crippen molar-refractivity contribution in [3.05, 3.63) is 0 Å². The molecule has 0 amide bonds. The van der Waals surface area contributed by atoms with E-state index in [4.69, 9.17) is 9.84 Å². The summed E-state index contributed by atoms with van der Waals surface area (Å²) < 4.78 is 5.75. The molecular formula is C14H27NO3. The van der Waals surface area contributed by atoms with Crippen LogP contribution < -0.4 is 5.32 Å². The lowest BCUT2D eigenvalue weighted by molar-refractivity contribution is -0.141. The Morgan fingerprint density at radius 2 is 2.11 bits per heavy atom. The minimum atomic E-state index is -0.691. The maximum atomic E-state index is 10.7. The largest absolute Gasteiger partial charge is 0.481 e. The summed E-state index contributed by atoms with van der Waals surface area (Å²) in [7, 11) is 0. The maximum absolute atomic E-state index is 10.7. The predicted octanol–water partition coefficient (Wildman–Crippen LogP) is 2.42. The van der Waals surface area contributed by atoms with E-state index in [0.717, 1.165) is 38.6 Å². The number of hydrogen-bond donors (Lipinski definition) is 2. The lowest BCUT2D eigenvalue weighted by Crippen LogP contribution is -2.33. The van der Waals surface area contributed by atoms with Gasteiger partial charge in [-0.05, 0) is 39.5 Å². The van der Waals surface area contributed by atoms with Gasteiger partial charge >= 0.3 is 5.97 Å². The first-order chi connectivity index (χ1) is 8.49. The third-order valence-corrected chi connectivity index (χ3v) is 3.71. The molecule has 0 aromatic rings. The predicted molar refractivity (Wildman–Crippen MR) is 71.7 cm³/mol. The molecule has 0 aromatic heterocycles. The molecule has 1 saturated heterocycles. The van der Waals surface area contributed by atoms with Crippen molar-refractivity contribution < 1.29 is 14.6 Å². The van der Waals surface area contributed by atoms with Crippen molar-refractivity contribution in [1.29, 1.82) is 0 Å². The zero-order valence-electron chi connectivity index (χ0n) is 11.8. The van der Waals surface area contributed by atoms with Gasteiger partial charge in [-0.2, -0.15) is 0 Å². The smallest absolute Gasteiger partial charge is 0.306 e. The Labute approximate surface area is 110 Å². The van der Waals surface area contributed by atoms with Crippen LogP contribution in [0.15, 0.2) is 0 Å². The lowest BCUT2D eigenvalue weighted by Gasteiger charge is -2.18. The molecule has 4 nitrogen and oxygen atoms in total. The third-order valence-electron chi connectivity index (χ3n) is 3.71. The van der Waals surface area contributed by atoms with E-state index in [1.54, 1.807) is 6.92 Å². The number of carboxylic acid groups (broad SMARTS) is 1. The van der Waals surface area contributed by atoms with Crippen molar-refractivity contribution in [3.8, 4) is 0 Å².